The molecule has 0 aliphatic carbocycles. The molecule has 134 valence electrons. The molecule has 1 aromatic heterocycles. The monoisotopic (exact) mass is 354 g/mol. The lowest BCUT2D eigenvalue weighted by Gasteiger charge is -2.06. The van der Waals surface area contributed by atoms with Crippen LogP contribution in [0.5, 0.6) is 5.75 Å². The van der Waals surface area contributed by atoms with Crippen molar-refractivity contribution in [3.05, 3.63) is 58.6 Å². The summed E-state index contributed by atoms with van der Waals surface area (Å²) < 4.78 is 10.2. The number of amides is 1. The molecule has 26 heavy (non-hydrogen) atoms. The van der Waals surface area contributed by atoms with Crippen LogP contribution in [0.3, 0.4) is 0 Å². The molecule has 7 nitrogen and oxygen atoms in total. The summed E-state index contributed by atoms with van der Waals surface area (Å²) in [4.78, 5) is 37.9. The molecule has 3 aromatic rings. The van der Waals surface area contributed by atoms with Gasteiger partial charge in [0, 0.05) is 24.1 Å². The fourth-order valence-electron chi connectivity index (χ4n) is 2.53. The van der Waals surface area contributed by atoms with E-state index >= 15 is 0 Å². The van der Waals surface area contributed by atoms with Gasteiger partial charge < -0.3 is 14.5 Å². The molecule has 0 aliphatic rings. The second kappa shape index (κ2) is 7.69. The van der Waals surface area contributed by atoms with Crippen LogP contribution in [0.25, 0.3) is 11.1 Å². The van der Waals surface area contributed by atoms with Crippen LogP contribution >= 0.6 is 0 Å². The van der Waals surface area contributed by atoms with E-state index in [1.54, 1.807) is 42.5 Å². The van der Waals surface area contributed by atoms with Gasteiger partial charge in [0.25, 0.3) is 0 Å². The number of aromatic amines is 1. The minimum atomic E-state index is -0.551. The molecule has 2 aromatic carbocycles. The predicted molar refractivity (Wildman–Crippen MR) is 96.6 cm³/mol. The van der Waals surface area contributed by atoms with Crippen LogP contribution < -0.4 is 15.8 Å². The maximum atomic E-state index is 12.2. The Kier molecular flexibility index (Phi) is 5.17. The van der Waals surface area contributed by atoms with Crippen LogP contribution in [0.1, 0.15) is 30.1 Å². The number of benzene rings is 2. The van der Waals surface area contributed by atoms with Gasteiger partial charge in [0.15, 0.2) is 11.4 Å². The van der Waals surface area contributed by atoms with Crippen molar-refractivity contribution < 1.29 is 18.7 Å². The Hall–Kier alpha value is -3.35. The molecule has 3 rings (SSSR count). The largest absolute Gasteiger partial charge is 0.494 e. The summed E-state index contributed by atoms with van der Waals surface area (Å²) in [7, 11) is 0. The van der Waals surface area contributed by atoms with Gasteiger partial charge in [-0.1, -0.05) is 0 Å². The summed E-state index contributed by atoms with van der Waals surface area (Å²) in [5.74, 6) is -0.244. The number of hydrogen-bond acceptors (Lipinski definition) is 5. The molecule has 0 spiro atoms. The van der Waals surface area contributed by atoms with E-state index in [-0.39, 0.29) is 24.5 Å². The average Bonchev–Trinajstić information content (AvgIpc) is 3.00. The summed E-state index contributed by atoms with van der Waals surface area (Å²) in [5, 5.41) is 2.70. The molecule has 0 unspecified atom stereocenters. The first-order chi connectivity index (χ1) is 12.5. The molecule has 1 heterocycles. The Bertz CT molecular complexity index is 985. The van der Waals surface area contributed by atoms with Gasteiger partial charge in [-0.05, 0) is 49.4 Å². The number of H-pyrrole nitrogens is 1. The number of aromatic nitrogens is 1. The van der Waals surface area contributed by atoms with Gasteiger partial charge in [0.05, 0.1) is 12.1 Å². The lowest BCUT2D eigenvalue weighted by Crippen LogP contribution is -2.13. The van der Waals surface area contributed by atoms with Gasteiger partial charge >= 0.3 is 5.76 Å². The highest BCUT2D eigenvalue weighted by Crippen LogP contribution is 2.17. The number of ketones is 1. The average molecular weight is 354 g/mol. The normalized spacial score (nSPS) is 10.7. The number of fused-ring (bicyclic) bond motifs is 1. The number of carbonyl (C=O) groups is 2. The smallest absolute Gasteiger partial charge is 0.417 e. The maximum Gasteiger partial charge on any atom is 0.417 e. The van der Waals surface area contributed by atoms with Crippen LogP contribution in [0.4, 0.5) is 5.69 Å². The van der Waals surface area contributed by atoms with Crippen molar-refractivity contribution in [2.75, 3.05) is 11.9 Å². The number of oxazole rings is 1. The van der Waals surface area contributed by atoms with E-state index in [9.17, 15) is 14.4 Å². The van der Waals surface area contributed by atoms with Gasteiger partial charge in [-0.3, -0.25) is 14.6 Å². The fraction of sp³-hybridized carbons (Fsp3) is 0.211. The van der Waals surface area contributed by atoms with Crippen LogP contribution in [-0.4, -0.2) is 23.3 Å². The summed E-state index contributed by atoms with van der Waals surface area (Å²) >= 11 is 0. The maximum absolute atomic E-state index is 12.2. The Morgan fingerprint density at radius 2 is 1.88 bits per heavy atom. The first-order valence-corrected chi connectivity index (χ1v) is 8.24. The molecule has 0 saturated carbocycles. The molecular formula is C19H18N2O5. The lowest BCUT2D eigenvalue weighted by atomic mass is 10.1. The fourth-order valence-corrected chi connectivity index (χ4v) is 2.53. The van der Waals surface area contributed by atoms with Crippen LogP contribution in [0, 0.1) is 0 Å². The highest BCUT2D eigenvalue weighted by atomic mass is 16.5. The zero-order chi connectivity index (χ0) is 18.5. The van der Waals surface area contributed by atoms with Crippen molar-refractivity contribution in [1.29, 1.82) is 0 Å². The first-order valence-electron chi connectivity index (χ1n) is 8.24. The van der Waals surface area contributed by atoms with Crippen molar-refractivity contribution in [3.8, 4) is 5.75 Å². The first kappa shape index (κ1) is 17.5. The highest BCUT2D eigenvalue weighted by molar-refractivity contribution is 6.00. The Balaban J connectivity index is 1.55. The second-order valence-corrected chi connectivity index (χ2v) is 5.65. The molecule has 0 bridgehead atoms. The Labute approximate surface area is 149 Å². The van der Waals surface area contributed by atoms with Gasteiger partial charge in [-0.15, -0.1) is 0 Å². The molecule has 0 saturated heterocycles. The van der Waals surface area contributed by atoms with E-state index < -0.39 is 5.76 Å². The van der Waals surface area contributed by atoms with E-state index in [0.717, 1.165) is 0 Å². The second-order valence-electron chi connectivity index (χ2n) is 5.65. The third-order valence-corrected chi connectivity index (χ3v) is 3.77. The van der Waals surface area contributed by atoms with Crippen molar-refractivity contribution in [3.63, 3.8) is 0 Å². The minimum Gasteiger partial charge on any atom is -0.494 e. The van der Waals surface area contributed by atoms with Crippen molar-refractivity contribution in [2.45, 2.75) is 19.8 Å². The van der Waals surface area contributed by atoms with E-state index in [0.29, 0.717) is 34.7 Å². The van der Waals surface area contributed by atoms with Crippen LogP contribution in [0.15, 0.2) is 51.7 Å². The van der Waals surface area contributed by atoms with E-state index in [4.69, 9.17) is 9.15 Å². The number of Topliss-reactive ketones (excluding diaryl/α,β-unsaturated/α-hetero) is 1. The number of anilines is 1. The molecular weight excluding hydrogens is 336 g/mol. The van der Waals surface area contributed by atoms with E-state index in [2.05, 4.69) is 10.3 Å². The predicted octanol–water partition coefficient (Wildman–Crippen LogP) is 3.12. The molecule has 1 amide bonds. The third kappa shape index (κ3) is 4.18. The van der Waals surface area contributed by atoms with E-state index in [1.807, 2.05) is 6.92 Å². The molecule has 0 fully saturated rings. The molecule has 0 atom stereocenters. The van der Waals surface area contributed by atoms with Gasteiger partial charge in [0.1, 0.15) is 5.75 Å². The standard InChI is InChI=1S/C19H18N2O5/c1-2-25-14-6-3-12(4-7-14)16(22)8-10-18(23)20-13-5-9-17-15(11-13)21-19(24)26-17/h3-7,9,11H,2,8,10H2,1H3,(H,20,23)(H,21,24). The van der Waals surface area contributed by atoms with Gasteiger partial charge in [0.2, 0.25) is 5.91 Å². The SMILES string of the molecule is CCOc1ccc(C(=O)CCC(=O)Nc2ccc3oc(=O)[nH]c3c2)cc1. The molecule has 0 radical (unpaired) electrons. The van der Waals surface area contributed by atoms with Crippen molar-refractivity contribution in [2.24, 2.45) is 0 Å². The molecule has 0 aliphatic heterocycles. The van der Waals surface area contributed by atoms with Gasteiger partial charge in [-0.2, -0.15) is 0 Å². The summed E-state index contributed by atoms with van der Waals surface area (Å²) in [5.41, 5.74) is 1.98. The quantitative estimate of drug-likeness (QED) is 0.635. The van der Waals surface area contributed by atoms with Crippen LogP contribution in [-0.2, 0) is 4.79 Å². The third-order valence-electron chi connectivity index (χ3n) is 3.77. The van der Waals surface area contributed by atoms with Crippen molar-refractivity contribution >= 4 is 28.5 Å². The summed E-state index contributed by atoms with van der Waals surface area (Å²) in [6.07, 6.45) is 0.163. The topological polar surface area (TPSA) is 101 Å². The number of carbonyl (C=O) groups excluding carboxylic acids is 2. The highest BCUT2D eigenvalue weighted by Gasteiger charge is 2.11. The Morgan fingerprint density at radius 3 is 2.62 bits per heavy atom. The summed E-state index contributed by atoms with van der Waals surface area (Å²) in [6.45, 7) is 2.45. The zero-order valence-corrected chi connectivity index (χ0v) is 14.2. The molecule has 2 N–H and O–H groups in total. The Morgan fingerprint density at radius 1 is 1.12 bits per heavy atom. The molecule has 7 heteroatoms. The number of hydrogen-bond donors (Lipinski definition) is 2. The number of ether oxygens (including phenoxy) is 1. The van der Waals surface area contributed by atoms with Gasteiger partial charge in [-0.25, -0.2) is 4.79 Å². The van der Waals surface area contributed by atoms with Crippen LogP contribution in [0.2, 0.25) is 0 Å². The van der Waals surface area contributed by atoms with E-state index in [1.165, 1.54) is 0 Å². The number of nitrogens with one attached hydrogen (secondary N) is 2. The van der Waals surface area contributed by atoms with Crippen molar-refractivity contribution in [1.82, 2.24) is 4.98 Å². The summed E-state index contributed by atoms with van der Waals surface area (Å²) in [6, 6.07) is 11.7. The minimum absolute atomic E-state index is 0.0615. The number of rotatable bonds is 7. The lowest BCUT2D eigenvalue weighted by molar-refractivity contribution is -0.116. The zero-order valence-electron chi connectivity index (χ0n) is 14.2.